The smallest absolute Gasteiger partial charge is 0.232 e. The van der Waals surface area contributed by atoms with E-state index in [4.69, 9.17) is 9.47 Å². The number of hydrogen-bond acceptors (Lipinski definition) is 8. The zero-order valence-electron chi connectivity index (χ0n) is 16.7. The van der Waals surface area contributed by atoms with Crippen LogP contribution in [0.1, 0.15) is 24.8 Å². The van der Waals surface area contributed by atoms with Gasteiger partial charge in [-0.25, -0.2) is 19.3 Å². The Morgan fingerprint density at radius 2 is 2.03 bits per heavy atom. The van der Waals surface area contributed by atoms with E-state index in [1.807, 2.05) is 6.07 Å². The van der Waals surface area contributed by atoms with Crippen molar-refractivity contribution in [2.75, 3.05) is 7.11 Å². The third-order valence-corrected chi connectivity index (χ3v) is 6.50. The third kappa shape index (κ3) is 3.69. The van der Waals surface area contributed by atoms with E-state index in [1.165, 1.54) is 30.7 Å². The van der Waals surface area contributed by atoms with Gasteiger partial charge in [-0.2, -0.15) is 0 Å². The van der Waals surface area contributed by atoms with E-state index in [1.54, 1.807) is 12.1 Å². The first-order chi connectivity index (χ1) is 15.1. The summed E-state index contributed by atoms with van der Waals surface area (Å²) in [7, 11) is 1.51. The fourth-order valence-electron chi connectivity index (χ4n) is 3.86. The molecule has 4 aromatic rings. The van der Waals surface area contributed by atoms with Crippen molar-refractivity contribution >= 4 is 32.6 Å². The second-order valence-corrected chi connectivity index (χ2v) is 8.54. The summed E-state index contributed by atoms with van der Waals surface area (Å²) in [5.41, 5.74) is 3.05. The third-order valence-electron chi connectivity index (χ3n) is 5.44. The number of aliphatic hydroxyl groups is 2. The number of aromatic nitrogens is 3. The molecule has 1 aliphatic carbocycles. The average molecular weight is 441 g/mol. The number of aliphatic hydroxyl groups excluding tert-OH is 2. The van der Waals surface area contributed by atoms with Crippen molar-refractivity contribution in [3.8, 4) is 22.2 Å². The van der Waals surface area contributed by atoms with Crippen LogP contribution in [0.3, 0.4) is 0 Å². The fourth-order valence-corrected chi connectivity index (χ4v) is 4.85. The standard InChI is InChI=1S/C22H20FN3O4S/c1-29-20-9-24-21-12(5-11(10-27)6-15(21)25-20)22-26-14-7-13(23)18(8-19(14)31-22)30-17-4-2-3-16(17)28/h5-9,16-17,27-28H,2-4,10H2,1H3/t16-,17-/m1/s1. The predicted octanol–water partition coefficient (Wildman–Crippen LogP) is 3.84. The summed E-state index contributed by atoms with van der Waals surface area (Å²) in [6, 6.07) is 6.53. The quantitative estimate of drug-likeness (QED) is 0.486. The number of hydrogen-bond donors (Lipinski definition) is 2. The van der Waals surface area contributed by atoms with Crippen LogP contribution in [0.15, 0.2) is 30.5 Å². The van der Waals surface area contributed by atoms with Gasteiger partial charge >= 0.3 is 0 Å². The molecule has 0 amide bonds. The van der Waals surface area contributed by atoms with Crippen molar-refractivity contribution in [2.24, 2.45) is 0 Å². The Morgan fingerprint density at radius 1 is 1.16 bits per heavy atom. The van der Waals surface area contributed by atoms with Crippen LogP contribution in [0, 0.1) is 5.82 Å². The second-order valence-electron chi connectivity index (χ2n) is 7.51. The van der Waals surface area contributed by atoms with Gasteiger partial charge in [-0.05, 0) is 37.0 Å². The monoisotopic (exact) mass is 441 g/mol. The molecule has 2 atom stereocenters. The van der Waals surface area contributed by atoms with Gasteiger partial charge in [-0.3, -0.25) is 0 Å². The largest absolute Gasteiger partial charge is 0.485 e. The van der Waals surface area contributed by atoms with Crippen LogP contribution in [-0.4, -0.2) is 44.5 Å². The lowest BCUT2D eigenvalue weighted by atomic mass is 10.1. The SMILES string of the molecule is COc1cnc2c(-c3nc4cc(F)c(O[C@@H]5CCC[C@H]5O)cc4s3)cc(CO)cc2n1. The van der Waals surface area contributed by atoms with Crippen LogP contribution in [0.4, 0.5) is 4.39 Å². The first-order valence-electron chi connectivity index (χ1n) is 9.95. The topological polar surface area (TPSA) is 97.6 Å². The van der Waals surface area contributed by atoms with Gasteiger partial charge in [0.2, 0.25) is 5.88 Å². The van der Waals surface area contributed by atoms with Crippen LogP contribution < -0.4 is 9.47 Å². The lowest BCUT2D eigenvalue weighted by molar-refractivity contribution is 0.0580. The van der Waals surface area contributed by atoms with E-state index >= 15 is 0 Å². The minimum Gasteiger partial charge on any atom is -0.485 e. The second kappa shape index (κ2) is 7.99. The molecule has 31 heavy (non-hydrogen) atoms. The minimum atomic E-state index is -0.574. The van der Waals surface area contributed by atoms with Gasteiger partial charge in [0.25, 0.3) is 0 Å². The van der Waals surface area contributed by atoms with Crippen LogP contribution in [0.5, 0.6) is 11.6 Å². The lowest BCUT2D eigenvalue weighted by Gasteiger charge is -2.17. The number of rotatable bonds is 5. The lowest BCUT2D eigenvalue weighted by Crippen LogP contribution is -2.25. The molecule has 1 fully saturated rings. The van der Waals surface area contributed by atoms with E-state index in [0.717, 1.165) is 11.1 Å². The Kier molecular flexibility index (Phi) is 5.17. The molecule has 0 aliphatic heterocycles. The highest BCUT2D eigenvalue weighted by atomic mass is 32.1. The maximum Gasteiger partial charge on any atom is 0.232 e. The summed E-state index contributed by atoms with van der Waals surface area (Å²) in [4.78, 5) is 13.5. The van der Waals surface area contributed by atoms with Crippen molar-refractivity contribution < 1.29 is 24.1 Å². The summed E-state index contributed by atoms with van der Waals surface area (Å²) < 4.78 is 26.3. The molecule has 2 aromatic carbocycles. The Labute approximate surface area is 181 Å². The molecule has 2 heterocycles. The molecule has 1 aliphatic rings. The number of thiazole rings is 1. The molecule has 160 valence electrons. The average Bonchev–Trinajstić information content (AvgIpc) is 3.38. The van der Waals surface area contributed by atoms with Crippen molar-refractivity contribution in [1.82, 2.24) is 15.0 Å². The van der Waals surface area contributed by atoms with E-state index in [2.05, 4.69) is 15.0 Å². The van der Waals surface area contributed by atoms with Gasteiger partial charge in [0, 0.05) is 17.7 Å². The predicted molar refractivity (Wildman–Crippen MR) is 115 cm³/mol. The van der Waals surface area contributed by atoms with Gasteiger partial charge in [-0.1, -0.05) is 0 Å². The molecule has 0 spiro atoms. The highest BCUT2D eigenvalue weighted by Crippen LogP contribution is 2.38. The zero-order valence-corrected chi connectivity index (χ0v) is 17.5. The Hall–Kier alpha value is -2.88. The van der Waals surface area contributed by atoms with Crippen molar-refractivity contribution in [3.63, 3.8) is 0 Å². The summed E-state index contributed by atoms with van der Waals surface area (Å²) >= 11 is 1.37. The number of ether oxygens (including phenoxy) is 2. The Morgan fingerprint density at radius 3 is 2.77 bits per heavy atom. The first-order valence-corrected chi connectivity index (χ1v) is 10.8. The number of fused-ring (bicyclic) bond motifs is 2. The number of benzene rings is 2. The minimum absolute atomic E-state index is 0.118. The van der Waals surface area contributed by atoms with Crippen molar-refractivity contribution in [2.45, 2.75) is 38.1 Å². The van der Waals surface area contributed by atoms with Crippen molar-refractivity contribution in [1.29, 1.82) is 0 Å². The van der Waals surface area contributed by atoms with Crippen LogP contribution in [0.25, 0.3) is 31.8 Å². The van der Waals surface area contributed by atoms with E-state index in [0.29, 0.717) is 51.4 Å². The molecule has 2 N–H and O–H groups in total. The van der Waals surface area contributed by atoms with Gasteiger partial charge in [0.05, 0.1) is 47.3 Å². The molecule has 0 saturated heterocycles. The first kappa shape index (κ1) is 20.0. The molecular weight excluding hydrogens is 421 g/mol. The molecule has 0 unspecified atom stereocenters. The molecule has 9 heteroatoms. The highest BCUT2D eigenvalue weighted by Gasteiger charge is 2.28. The number of nitrogens with zero attached hydrogens (tertiary/aromatic N) is 3. The Bertz CT molecular complexity index is 1270. The van der Waals surface area contributed by atoms with Crippen LogP contribution in [-0.2, 0) is 6.61 Å². The van der Waals surface area contributed by atoms with Gasteiger partial charge in [0.1, 0.15) is 11.1 Å². The van der Waals surface area contributed by atoms with Gasteiger partial charge < -0.3 is 19.7 Å². The molecule has 2 aromatic heterocycles. The molecule has 1 saturated carbocycles. The normalized spacial score (nSPS) is 18.7. The molecular formula is C22H20FN3O4S. The molecule has 0 bridgehead atoms. The van der Waals surface area contributed by atoms with E-state index in [-0.39, 0.29) is 12.4 Å². The van der Waals surface area contributed by atoms with E-state index in [9.17, 15) is 14.6 Å². The Balaban J connectivity index is 1.59. The summed E-state index contributed by atoms with van der Waals surface area (Å²) in [5.74, 6) is -0.0232. The summed E-state index contributed by atoms with van der Waals surface area (Å²) in [6.45, 7) is -0.164. The fraction of sp³-hybridized carbons (Fsp3) is 0.318. The van der Waals surface area contributed by atoms with Crippen LogP contribution >= 0.6 is 11.3 Å². The zero-order chi connectivity index (χ0) is 21.5. The number of halogens is 1. The molecule has 7 nitrogen and oxygen atoms in total. The van der Waals surface area contributed by atoms with Gasteiger partial charge in [0.15, 0.2) is 11.6 Å². The van der Waals surface area contributed by atoms with Crippen LogP contribution in [0.2, 0.25) is 0 Å². The van der Waals surface area contributed by atoms with Crippen molar-refractivity contribution in [3.05, 3.63) is 41.8 Å². The maximum atomic E-state index is 14.7. The highest BCUT2D eigenvalue weighted by molar-refractivity contribution is 7.21. The maximum absolute atomic E-state index is 14.7. The molecule has 5 rings (SSSR count). The summed E-state index contributed by atoms with van der Waals surface area (Å²) in [5, 5.41) is 20.3. The number of methoxy groups -OCH3 is 1. The molecule has 0 radical (unpaired) electrons. The van der Waals surface area contributed by atoms with Gasteiger partial charge in [-0.15, -0.1) is 11.3 Å². The summed E-state index contributed by atoms with van der Waals surface area (Å²) in [6.07, 6.45) is 2.79. The van der Waals surface area contributed by atoms with E-state index < -0.39 is 18.0 Å².